The second-order valence-electron chi connectivity index (χ2n) is 7.09. The molecule has 0 saturated carbocycles. The number of hydrogen-bond acceptors (Lipinski definition) is 4. The summed E-state index contributed by atoms with van der Waals surface area (Å²) in [5.74, 6) is -0.354. The van der Waals surface area contributed by atoms with Crippen molar-refractivity contribution >= 4 is 5.91 Å². The molecule has 1 heterocycles. The Kier molecular flexibility index (Phi) is 7.84. The molecule has 0 aliphatic heterocycles. The van der Waals surface area contributed by atoms with Gasteiger partial charge in [0, 0.05) is 11.6 Å². The molecule has 0 bridgehead atoms. The normalized spacial score (nSPS) is 13.0. The van der Waals surface area contributed by atoms with Gasteiger partial charge in [0.1, 0.15) is 5.56 Å². The number of carbonyl (C=O) groups is 1. The summed E-state index contributed by atoms with van der Waals surface area (Å²) in [6, 6.07) is 4.61. The highest BCUT2D eigenvalue weighted by atomic mass is 19.4. The standard InChI is InChI=1S/C21H28F3N3O2/c1-5-27(6-2)12-8-9-14(3)25-20(28)18-15(4)26-29-19(18)16-10-7-11-17(13-16)21(22,23)24/h7,10-11,13-14H,5-6,8-9,12H2,1-4H3,(H,25,28)/t14-/m0/s1. The lowest BCUT2D eigenvalue weighted by Gasteiger charge is -2.19. The van der Waals surface area contributed by atoms with E-state index in [2.05, 4.69) is 29.2 Å². The first-order valence-electron chi connectivity index (χ1n) is 9.84. The smallest absolute Gasteiger partial charge is 0.355 e. The van der Waals surface area contributed by atoms with E-state index in [1.54, 1.807) is 6.92 Å². The number of aryl methyl sites for hydroxylation is 1. The second kappa shape index (κ2) is 9.91. The van der Waals surface area contributed by atoms with Crippen molar-refractivity contribution in [2.24, 2.45) is 0 Å². The largest absolute Gasteiger partial charge is 0.416 e. The summed E-state index contributed by atoms with van der Waals surface area (Å²) >= 11 is 0. The minimum Gasteiger partial charge on any atom is -0.355 e. The molecule has 0 unspecified atom stereocenters. The monoisotopic (exact) mass is 411 g/mol. The SMILES string of the molecule is CCN(CC)CCC[C@H](C)NC(=O)c1c(C)noc1-c1cccc(C(F)(F)F)c1. The highest BCUT2D eigenvalue weighted by Gasteiger charge is 2.31. The van der Waals surface area contributed by atoms with Gasteiger partial charge >= 0.3 is 6.18 Å². The maximum Gasteiger partial charge on any atom is 0.416 e. The molecule has 29 heavy (non-hydrogen) atoms. The van der Waals surface area contributed by atoms with Crippen molar-refractivity contribution in [3.8, 4) is 11.3 Å². The van der Waals surface area contributed by atoms with E-state index < -0.39 is 17.6 Å². The number of aromatic nitrogens is 1. The third-order valence-electron chi connectivity index (χ3n) is 4.93. The molecule has 1 amide bonds. The number of amides is 1. The highest BCUT2D eigenvalue weighted by Crippen LogP contribution is 2.33. The van der Waals surface area contributed by atoms with Crippen molar-refractivity contribution in [2.75, 3.05) is 19.6 Å². The zero-order chi connectivity index (χ0) is 21.6. The van der Waals surface area contributed by atoms with Gasteiger partial charge in [-0.25, -0.2) is 0 Å². The van der Waals surface area contributed by atoms with Gasteiger partial charge in [0.25, 0.3) is 5.91 Å². The zero-order valence-electron chi connectivity index (χ0n) is 17.3. The molecule has 0 spiro atoms. The number of alkyl halides is 3. The molecule has 0 saturated heterocycles. The van der Waals surface area contributed by atoms with E-state index in [4.69, 9.17) is 4.52 Å². The molecule has 0 aliphatic rings. The Labute approximate surface area is 169 Å². The maximum atomic E-state index is 13.0. The maximum absolute atomic E-state index is 13.0. The molecular formula is C21H28F3N3O2. The van der Waals surface area contributed by atoms with Crippen molar-refractivity contribution in [3.63, 3.8) is 0 Å². The van der Waals surface area contributed by atoms with Crippen molar-refractivity contribution in [1.29, 1.82) is 0 Å². The third-order valence-corrected chi connectivity index (χ3v) is 4.93. The molecule has 1 aromatic heterocycles. The predicted octanol–water partition coefficient (Wildman–Crippen LogP) is 4.91. The Morgan fingerprint density at radius 2 is 1.97 bits per heavy atom. The van der Waals surface area contributed by atoms with Gasteiger partial charge in [-0.15, -0.1) is 0 Å². The van der Waals surface area contributed by atoms with Crippen molar-refractivity contribution in [3.05, 3.63) is 41.1 Å². The number of carbonyl (C=O) groups excluding carboxylic acids is 1. The van der Waals surface area contributed by atoms with Gasteiger partial charge in [0.15, 0.2) is 5.76 Å². The Morgan fingerprint density at radius 3 is 2.59 bits per heavy atom. The van der Waals surface area contributed by atoms with E-state index in [0.717, 1.165) is 44.6 Å². The molecule has 0 fully saturated rings. The van der Waals surface area contributed by atoms with Gasteiger partial charge in [-0.2, -0.15) is 13.2 Å². The molecular weight excluding hydrogens is 383 g/mol. The molecule has 5 nitrogen and oxygen atoms in total. The summed E-state index contributed by atoms with van der Waals surface area (Å²) < 4.78 is 44.3. The highest BCUT2D eigenvalue weighted by molar-refractivity contribution is 6.00. The lowest BCUT2D eigenvalue weighted by molar-refractivity contribution is -0.137. The lowest BCUT2D eigenvalue weighted by atomic mass is 10.0. The summed E-state index contributed by atoms with van der Waals surface area (Å²) in [4.78, 5) is 15.1. The Bertz CT molecular complexity index is 814. The topological polar surface area (TPSA) is 58.4 Å². The molecule has 8 heteroatoms. The van der Waals surface area contributed by atoms with Crippen LogP contribution in [0.2, 0.25) is 0 Å². The molecule has 160 valence electrons. The van der Waals surface area contributed by atoms with Gasteiger partial charge in [-0.1, -0.05) is 31.1 Å². The summed E-state index contributed by atoms with van der Waals surface area (Å²) in [6.45, 7) is 10.6. The fraction of sp³-hybridized carbons (Fsp3) is 0.524. The van der Waals surface area contributed by atoms with Crippen LogP contribution in [0.25, 0.3) is 11.3 Å². The van der Waals surface area contributed by atoms with Crippen LogP contribution in [0.3, 0.4) is 0 Å². The summed E-state index contributed by atoms with van der Waals surface area (Å²) in [5.41, 5.74) is -0.134. The van der Waals surface area contributed by atoms with Crippen LogP contribution in [0.1, 0.15) is 55.2 Å². The van der Waals surface area contributed by atoms with Crippen LogP contribution >= 0.6 is 0 Å². The molecule has 0 aliphatic carbocycles. The first-order chi connectivity index (χ1) is 13.7. The van der Waals surface area contributed by atoms with Crippen molar-refractivity contribution in [2.45, 2.75) is 52.8 Å². The molecule has 1 atom stereocenters. The van der Waals surface area contributed by atoms with Gasteiger partial charge in [0.05, 0.1) is 11.3 Å². The quantitative estimate of drug-likeness (QED) is 0.637. The fourth-order valence-electron chi connectivity index (χ4n) is 3.20. The predicted molar refractivity (Wildman–Crippen MR) is 106 cm³/mol. The van der Waals surface area contributed by atoms with Crippen LogP contribution in [0.15, 0.2) is 28.8 Å². The number of rotatable bonds is 9. The molecule has 2 rings (SSSR count). The number of nitrogens with zero attached hydrogens (tertiary/aromatic N) is 2. The number of halogens is 3. The first-order valence-corrected chi connectivity index (χ1v) is 9.84. The first kappa shape index (κ1) is 22.9. The second-order valence-corrected chi connectivity index (χ2v) is 7.09. The average molecular weight is 411 g/mol. The van der Waals surface area contributed by atoms with Crippen molar-refractivity contribution in [1.82, 2.24) is 15.4 Å². The zero-order valence-corrected chi connectivity index (χ0v) is 17.3. The van der Waals surface area contributed by atoms with Crippen molar-refractivity contribution < 1.29 is 22.5 Å². The average Bonchev–Trinajstić information content (AvgIpc) is 3.06. The van der Waals surface area contributed by atoms with Gasteiger partial charge in [0.2, 0.25) is 0 Å². The van der Waals surface area contributed by atoms with Crippen LogP contribution in [-0.4, -0.2) is 41.6 Å². The number of benzene rings is 1. The van der Waals surface area contributed by atoms with Crippen LogP contribution in [-0.2, 0) is 6.18 Å². The van der Waals surface area contributed by atoms with Crippen LogP contribution in [0.4, 0.5) is 13.2 Å². The molecule has 1 aromatic carbocycles. The lowest BCUT2D eigenvalue weighted by Crippen LogP contribution is -2.34. The van der Waals surface area contributed by atoms with E-state index in [9.17, 15) is 18.0 Å². The van der Waals surface area contributed by atoms with E-state index in [1.807, 2.05) is 6.92 Å². The fourth-order valence-corrected chi connectivity index (χ4v) is 3.20. The van der Waals surface area contributed by atoms with Gasteiger partial charge in [-0.3, -0.25) is 4.79 Å². The molecule has 1 N–H and O–H groups in total. The van der Waals surface area contributed by atoms with E-state index in [-0.39, 0.29) is 22.9 Å². The minimum absolute atomic E-state index is 0.0430. The minimum atomic E-state index is -4.48. The Hall–Kier alpha value is -2.35. The Morgan fingerprint density at radius 1 is 1.28 bits per heavy atom. The Balaban J connectivity index is 2.12. The van der Waals surface area contributed by atoms with Crippen LogP contribution in [0, 0.1) is 6.92 Å². The number of hydrogen-bond donors (Lipinski definition) is 1. The van der Waals surface area contributed by atoms with Crippen LogP contribution in [0.5, 0.6) is 0 Å². The van der Waals surface area contributed by atoms with Crippen LogP contribution < -0.4 is 5.32 Å². The van der Waals surface area contributed by atoms with E-state index in [1.165, 1.54) is 12.1 Å². The van der Waals surface area contributed by atoms with Gasteiger partial charge < -0.3 is 14.7 Å². The van der Waals surface area contributed by atoms with E-state index >= 15 is 0 Å². The number of nitrogens with one attached hydrogen (secondary N) is 1. The van der Waals surface area contributed by atoms with Gasteiger partial charge in [-0.05, 0) is 58.5 Å². The summed E-state index contributed by atoms with van der Waals surface area (Å²) in [5, 5.41) is 6.71. The third kappa shape index (κ3) is 6.06. The molecule has 2 aromatic rings. The summed E-state index contributed by atoms with van der Waals surface area (Å²) in [6.07, 6.45) is -2.75. The molecule has 0 radical (unpaired) electrons. The van der Waals surface area contributed by atoms with E-state index in [0.29, 0.717) is 5.69 Å². The summed E-state index contributed by atoms with van der Waals surface area (Å²) in [7, 11) is 0.